The predicted molar refractivity (Wildman–Crippen MR) is 83.4 cm³/mol. The minimum Gasteiger partial charge on any atom is -0.325 e. The monoisotopic (exact) mass is 313 g/mol. The van der Waals surface area contributed by atoms with E-state index in [4.69, 9.17) is 5.14 Å². The Balaban J connectivity index is 2.48. The van der Waals surface area contributed by atoms with Gasteiger partial charge in [-0.25, -0.2) is 13.6 Å². The second-order valence-electron chi connectivity index (χ2n) is 5.53. The van der Waals surface area contributed by atoms with Gasteiger partial charge in [-0.15, -0.1) is 0 Å². The Bertz CT molecular complexity index is 568. The standard InChI is InChI=1S/C14H23N3O3S/c1-10(2)8-11(3)16-9-14(18)17-12-4-6-13(7-5-12)21(15,19)20/h4-7,10-11,16H,8-9H2,1-3H3,(H,17,18)(H2,15,19,20). The third-order valence-electron chi connectivity index (χ3n) is 2.90. The maximum Gasteiger partial charge on any atom is 0.238 e. The average Bonchev–Trinajstić information content (AvgIpc) is 2.35. The molecule has 0 saturated heterocycles. The zero-order chi connectivity index (χ0) is 16.0. The molecular weight excluding hydrogens is 290 g/mol. The number of rotatable bonds is 7. The summed E-state index contributed by atoms with van der Waals surface area (Å²) in [5.41, 5.74) is 0.533. The fraction of sp³-hybridized carbons (Fsp3) is 0.500. The number of nitrogens with one attached hydrogen (secondary N) is 2. The Kier molecular flexibility index (Phi) is 6.32. The van der Waals surface area contributed by atoms with Gasteiger partial charge in [0, 0.05) is 11.7 Å². The topological polar surface area (TPSA) is 101 Å². The van der Waals surface area contributed by atoms with Crippen molar-refractivity contribution in [2.45, 2.75) is 38.1 Å². The van der Waals surface area contributed by atoms with E-state index >= 15 is 0 Å². The molecule has 0 fully saturated rings. The second-order valence-corrected chi connectivity index (χ2v) is 7.09. The van der Waals surface area contributed by atoms with E-state index in [0.717, 1.165) is 6.42 Å². The number of nitrogens with two attached hydrogens (primary N) is 1. The van der Waals surface area contributed by atoms with Gasteiger partial charge in [0.2, 0.25) is 15.9 Å². The molecule has 7 heteroatoms. The summed E-state index contributed by atoms with van der Waals surface area (Å²) in [6.45, 7) is 6.51. The number of benzene rings is 1. The van der Waals surface area contributed by atoms with Crippen molar-refractivity contribution in [1.82, 2.24) is 5.32 Å². The average molecular weight is 313 g/mol. The van der Waals surface area contributed by atoms with E-state index in [1.807, 2.05) is 6.92 Å². The van der Waals surface area contributed by atoms with Crippen LogP contribution in [0.4, 0.5) is 5.69 Å². The van der Waals surface area contributed by atoms with Gasteiger partial charge in [-0.1, -0.05) is 13.8 Å². The van der Waals surface area contributed by atoms with Gasteiger partial charge < -0.3 is 10.6 Å². The van der Waals surface area contributed by atoms with Crippen LogP contribution in [0, 0.1) is 5.92 Å². The Labute approximate surface area is 126 Å². The Hall–Kier alpha value is -1.44. The SMILES string of the molecule is CC(C)CC(C)NCC(=O)Nc1ccc(S(N)(=O)=O)cc1. The van der Waals surface area contributed by atoms with E-state index in [9.17, 15) is 13.2 Å². The zero-order valence-electron chi connectivity index (χ0n) is 12.6. The molecule has 0 bridgehead atoms. The summed E-state index contributed by atoms with van der Waals surface area (Å²) < 4.78 is 22.2. The lowest BCUT2D eigenvalue weighted by molar-refractivity contribution is -0.115. The molecule has 118 valence electrons. The molecule has 0 radical (unpaired) electrons. The van der Waals surface area contributed by atoms with Crippen LogP contribution in [0.3, 0.4) is 0 Å². The molecule has 0 aliphatic heterocycles. The molecule has 0 saturated carbocycles. The molecule has 0 aliphatic rings. The van der Waals surface area contributed by atoms with Gasteiger partial charge in [-0.3, -0.25) is 4.79 Å². The van der Waals surface area contributed by atoms with E-state index < -0.39 is 10.0 Å². The molecule has 1 rings (SSSR count). The number of primary sulfonamides is 1. The number of sulfonamides is 1. The highest BCUT2D eigenvalue weighted by atomic mass is 32.2. The molecule has 1 amide bonds. The molecule has 1 atom stereocenters. The molecule has 4 N–H and O–H groups in total. The lowest BCUT2D eigenvalue weighted by Crippen LogP contribution is -2.35. The van der Waals surface area contributed by atoms with Crippen LogP contribution in [-0.4, -0.2) is 26.9 Å². The van der Waals surface area contributed by atoms with Crippen LogP contribution in [0.5, 0.6) is 0 Å². The first kappa shape index (κ1) is 17.6. The van der Waals surface area contributed by atoms with Crippen molar-refractivity contribution in [3.05, 3.63) is 24.3 Å². The number of anilines is 1. The number of hydrogen-bond donors (Lipinski definition) is 3. The van der Waals surface area contributed by atoms with Crippen LogP contribution in [0.15, 0.2) is 29.2 Å². The van der Waals surface area contributed by atoms with Crippen LogP contribution in [0.1, 0.15) is 27.2 Å². The van der Waals surface area contributed by atoms with E-state index in [2.05, 4.69) is 24.5 Å². The lowest BCUT2D eigenvalue weighted by atomic mass is 10.1. The molecule has 21 heavy (non-hydrogen) atoms. The highest BCUT2D eigenvalue weighted by Gasteiger charge is 2.09. The Morgan fingerprint density at radius 1 is 1.19 bits per heavy atom. The van der Waals surface area contributed by atoms with E-state index in [1.54, 1.807) is 0 Å². The predicted octanol–water partition coefficient (Wildman–Crippen LogP) is 1.30. The van der Waals surface area contributed by atoms with Gasteiger partial charge >= 0.3 is 0 Å². The van der Waals surface area contributed by atoms with Crippen molar-refractivity contribution in [2.75, 3.05) is 11.9 Å². The van der Waals surface area contributed by atoms with Crippen LogP contribution < -0.4 is 15.8 Å². The van der Waals surface area contributed by atoms with Crippen molar-refractivity contribution in [3.8, 4) is 0 Å². The summed E-state index contributed by atoms with van der Waals surface area (Å²) >= 11 is 0. The van der Waals surface area contributed by atoms with Gasteiger partial charge in [0.05, 0.1) is 11.4 Å². The Morgan fingerprint density at radius 2 is 1.76 bits per heavy atom. The summed E-state index contributed by atoms with van der Waals surface area (Å²) in [4.78, 5) is 11.8. The maximum absolute atomic E-state index is 11.8. The summed E-state index contributed by atoms with van der Waals surface area (Å²) in [5, 5.41) is 10.8. The number of hydrogen-bond acceptors (Lipinski definition) is 4. The van der Waals surface area contributed by atoms with Crippen molar-refractivity contribution in [1.29, 1.82) is 0 Å². The Morgan fingerprint density at radius 3 is 2.24 bits per heavy atom. The maximum atomic E-state index is 11.8. The smallest absolute Gasteiger partial charge is 0.238 e. The molecule has 1 aromatic rings. The zero-order valence-corrected chi connectivity index (χ0v) is 13.4. The summed E-state index contributed by atoms with van der Waals surface area (Å²) in [6, 6.07) is 6.00. The van der Waals surface area contributed by atoms with Crippen LogP contribution in [-0.2, 0) is 14.8 Å². The van der Waals surface area contributed by atoms with Crippen LogP contribution in [0.2, 0.25) is 0 Å². The first-order valence-corrected chi connectivity index (χ1v) is 8.39. The number of carbonyl (C=O) groups is 1. The fourth-order valence-corrected chi connectivity index (χ4v) is 2.51. The number of amides is 1. The van der Waals surface area contributed by atoms with Crippen molar-refractivity contribution >= 4 is 21.6 Å². The van der Waals surface area contributed by atoms with Crippen molar-refractivity contribution in [2.24, 2.45) is 11.1 Å². The molecule has 0 heterocycles. The minimum absolute atomic E-state index is 0.0178. The first-order chi connectivity index (χ1) is 9.68. The van der Waals surface area contributed by atoms with Gasteiger partial charge in [0.25, 0.3) is 0 Å². The van der Waals surface area contributed by atoms with Crippen molar-refractivity contribution in [3.63, 3.8) is 0 Å². The lowest BCUT2D eigenvalue weighted by Gasteiger charge is -2.15. The highest BCUT2D eigenvalue weighted by Crippen LogP contribution is 2.12. The molecular formula is C14H23N3O3S. The largest absolute Gasteiger partial charge is 0.325 e. The second kappa shape index (κ2) is 7.53. The molecule has 0 spiro atoms. The molecule has 1 unspecified atom stereocenters. The van der Waals surface area contributed by atoms with E-state index in [-0.39, 0.29) is 23.4 Å². The van der Waals surface area contributed by atoms with E-state index in [1.165, 1.54) is 24.3 Å². The van der Waals surface area contributed by atoms with Gasteiger partial charge in [-0.05, 0) is 43.5 Å². The van der Waals surface area contributed by atoms with Crippen LogP contribution in [0.25, 0.3) is 0 Å². The first-order valence-electron chi connectivity index (χ1n) is 6.84. The fourth-order valence-electron chi connectivity index (χ4n) is 1.99. The highest BCUT2D eigenvalue weighted by molar-refractivity contribution is 7.89. The molecule has 1 aromatic carbocycles. The van der Waals surface area contributed by atoms with Crippen LogP contribution >= 0.6 is 0 Å². The molecule has 6 nitrogen and oxygen atoms in total. The summed E-state index contributed by atoms with van der Waals surface area (Å²) in [5.74, 6) is 0.398. The third kappa shape index (κ3) is 6.70. The summed E-state index contributed by atoms with van der Waals surface area (Å²) in [7, 11) is -3.71. The van der Waals surface area contributed by atoms with Gasteiger partial charge in [-0.2, -0.15) is 0 Å². The molecule has 0 aliphatic carbocycles. The normalized spacial score (nSPS) is 13.2. The minimum atomic E-state index is -3.71. The quantitative estimate of drug-likeness (QED) is 0.706. The van der Waals surface area contributed by atoms with Crippen molar-refractivity contribution < 1.29 is 13.2 Å². The summed E-state index contributed by atoms with van der Waals surface area (Å²) in [6.07, 6.45) is 0.996. The van der Waals surface area contributed by atoms with Gasteiger partial charge in [0.1, 0.15) is 0 Å². The van der Waals surface area contributed by atoms with Gasteiger partial charge in [0.15, 0.2) is 0 Å². The van der Waals surface area contributed by atoms with E-state index in [0.29, 0.717) is 11.6 Å². The molecule has 0 aromatic heterocycles. The third-order valence-corrected chi connectivity index (χ3v) is 3.83. The number of carbonyl (C=O) groups excluding carboxylic acids is 1.